The molecule has 2 rings (SSSR count). The van der Waals surface area contributed by atoms with Gasteiger partial charge >= 0.3 is 12.1 Å². The summed E-state index contributed by atoms with van der Waals surface area (Å²) in [4.78, 5) is 71.0. The van der Waals surface area contributed by atoms with Gasteiger partial charge in [-0.3, -0.25) is 24.2 Å². The first-order valence-corrected chi connectivity index (χ1v) is 19.7. The van der Waals surface area contributed by atoms with E-state index in [9.17, 15) is 29.1 Å². The molecule has 0 spiro atoms. The van der Waals surface area contributed by atoms with E-state index in [4.69, 9.17) is 14.2 Å². The number of amides is 4. The predicted molar refractivity (Wildman–Crippen MR) is 211 cm³/mol. The summed E-state index contributed by atoms with van der Waals surface area (Å²) in [5.74, 6) is -2.66. The summed E-state index contributed by atoms with van der Waals surface area (Å²) in [7, 11) is 7.96. The third-order valence-electron chi connectivity index (χ3n) is 11.3. The molecule has 4 amide bonds. The largest absolute Gasteiger partial charge is 0.480 e. The van der Waals surface area contributed by atoms with Crippen LogP contribution in [0.3, 0.4) is 0 Å². The third kappa shape index (κ3) is 13.2. The number of likely N-dealkylation sites (N-methyl/N-ethyl adjacent to an activating group) is 2. The first-order chi connectivity index (χ1) is 25.9. The quantitative estimate of drug-likeness (QED) is 0.156. The minimum absolute atomic E-state index is 0.0579. The minimum atomic E-state index is -1.13. The molecule has 1 aliphatic heterocycles. The molecule has 14 nitrogen and oxygen atoms in total. The van der Waals surface area contributed by atoms with Gasteiger partial charge in [0.15, 0.2) is 0 Å². The third-order valence-corrected chi connectivity index (χ3v) is 11.3. The average molecular weight is 776 g/mol. The van der Waals surface area contributed by atoms with E-state index in [-0.39, 0.29) is 60.5 Å². The topological polar surface area (TPSA) is 167 Å². The summed E-state index contributed by atoms with van der Waals surface area (Å²) in [6.07, 6.45) is 0.710. The smallest absolute Gasteiger partial charge is 0.409 e. The van der Waals surface area contributed by atoms with Crippen molar-refractivity contribution in [1.29, 1.82) is 0 Å². The fourth-order valence-corrected chi connectivity index (χ4v) is 7.91. The van der Waals surface area contributed by atoms with E-state index in [1.54, 1.807) is 26.0 Å². The average Bonchev–Trinajstić information content (AvgIpc) is 3.63. The van der Waals surface area contributed by atoms with Crippen LogP contribution in [0.5, 0.6) is 0 Å². The monoisotopic (exact) mass is 776 g/mol. The summed E-state index contributed by atoms with van der Waals surface area (Å²) in [6, 6.07) is 6.46. The molecule has 1 heterocycles. The second kappa shape index (κ2) is 22.7. The highest BCUT2D eigenvalue weighted by molar-refractivity contribution is 5.86. The zero-order valence-electron chi connectivity index (χ0n) is 35.2. The fraction of sp³-hybridized carbons (Fsp3) is 0.732. The normalized spacial score (nSPS) is 18.9. The number of likely N-dealkylation sites (tertiary alicyclic amines) is 1. The second-order valence-corrected chi connectivity index (χ2v) is 15.8. The Morgan fingerprint density at radius 3 is 2.05 bits per heavy atom. The Labute approximate surface area is 329 Å². The van der Waals surface area contributed by atoms with Crippen molar-refractivity contribution >= 4 is 29.8 Å². The summed E-state index contributed by atoms with van der Waals surface area (Å²) in [6.45, 7) is 14.8. The van der Waals surface area contributed by atoms with Gasteiger partial charge in [0, 0.05) is 52.9 Å². The Bertz CT molecular complexity index is 1380. The summed E-state index contributed by atoms with van der Waals surface area (Å²) in [5.41, 5.74) is 0.792. The lowest BCUT2D eigenvalue weighted by molar-refractivity contribution is -0.145. The fourth-order valence-electron chi connectivity index (χ4n) is 7.91. The van der Waals surface area contributed by atoms with Gasteiger partial charge in [-0.25, -0.2) is 9.59 Å². The zero-order valence-corrected chi connectivity index (χ0v) is 35.2. The molecule has 1 saturated heterocycles. The number of rotatable bonds is 22. The van der Waals surface area contributed by atoms with Crippen LogP contribution in [-0.2, 0) is 39.8 Å². The SMILES string of the molecule is CC[C@H](C)[C@@H]([C@@H](CC(=O)N1CCC[C@H]1[C@H](OC)[C@@H](C)C(=O)N[C@@H](Cc1ccccc1)C(=O)O)OC)N(C)C[C@@H](NC(=O)[C@H](C(C)C)N(C)C(=O)OC)C(C)C. The molecule has 0 aliphatic carbocycles. The molecule has 9 atom stereocenters. The number of nitrogens with zero attached hydrogens (tertiary/aromatic N) is 3. The lowest BCUT2D eigenvalue weighted by Crippen LogP contribution is -2.58. The predicted octanol–water partition coefficient (Wildman–Crippen LogP) is 4.06. The number of aliphatic carboxylic acids is 1. The molecular formula is C41H69N5O9. The Morgan fingerprint density at radius 1 is 0.909 bits per heavy atom. The summed E-state index contributed by atoms with van der Waals surface area (Å²) >= 11 is 0. The van der Waals surface area contributed by atoms with Crippen LogP contribution >= 0.6 is 0 Å². The van der Waals surface area contributed by atoms with Gasteiger partial charge in [0.25, 0.3) is 0 Å². The van der Waals surface area contributed by atoms with E-state index in [1.165, 1.54) is 19.1 Å². The van der Waals surface area contributed by atoms with Gasteiger partial charge in [-0.05, 0) is 43.2 Å². The van der Waals surface area contributed by atoms with Crippen LogP contribution in [0, 0.1) is 23.7 Å². The van der Waals surface area contributed by atoms with Crippen LogP contribution in [-0.4, -0.2) is 141 Å². The molecule has 312 valence electrons. The van der Waals surface area contributed by atoms with Gasteiger partial charge in [-0.15, -0.1) is 0 Å². The van der Waals surface area contributed by atoms with Crippen molar-refractivity contribution in [3.8, 4) is 0 Å². The molecule has 3 N–H and O–H groups in total. The van der Waals surface area contributed by atoms with Crippen LogP contribution in [0.15, 0.2) is 30.3 Å². The highest BCUT2D eigenvalue weighted by Gasteiger charge is 2.42. The van der Waals surface area contributed by atoms with E-state index in [0.717, 1.165) is 18.4 Å². The molecule has 0 radical (unpaired) electrons. The number of ether oxygens (including phenoxy) is 3. The van der Waals surface area contributed by atoms with E-state index in [1.807, 2.05) is 65.1 Å². The van der Waals surface area contributed by atoms with Crippen molar-refractivity contribution in [2.45, 2.75) is 123 Å². The molecule has 1 aliphatic rings. The highest BCUT2D eigenvalue weighted by Crippen LogP contribution is 2.29. The number of hydrogen-bond acceptors (Lipinski definition) is 9. The molecular weight excluding hydrogens is 706 g/mol. The van der Waals surface area contributed by atoms with Crippen LogP contribution in [0.25, 0.3) is 0 Å². The first-order valence-electron chi connectivity index (χ1n) is 19.7. The van der Waals surface area contributed by atoms with Crippen molar-refractivity contribution in [2.24, 2.45) is 23.7 Å². The first kappa shape index (κ1) is 47.4. The number of benzene rings is 1. The van der Waals surface area contributed by atoms with Crippen LogP contribution in [0.4, 0.5) is 4.79 Å². The van der Waals surface area contributed by atoms with E-state index in [0.29, 0.717) is 19.5 Å². The molecule has 0 aromatic heterocycles. The van der Waals surface area contributed by atoms with Crippen molar-refractivity contribution in [3.05, 3.63) is 35.9 Å². The van der Waals surface area contributed by atoms with Crippen molar-refractivity contribution in [2.75, 3.05) is 48.5 Å². The van der Waals surface area contributed by atoms with E-state index < -0.39 is 48.2 Å². The number of carboxylic acid groups (broad SMARTS) is 1. The zero-order chi connectivity index (χ0) is 41.6. The maximum atomic E-state index is 14.2. The summed E-state index contributed by atoms with van der Waals surface area (Å²) < 4.78 is 16.9. The van der Waals surface area contributed by atoms with Gasteiger partial charge in [0.05, 0.1) is 37.7 Å². The molecule has 55 heavy (non-hydrogen) atoms. The van der Waals surface area contributed by atoms with Gasteiger partial charge in [-0.1, -0.05) is 85.2 Å². The Kier molecular flexibility index (Phi) is 19.6. The molecule has 0 unspecified atom stereocenters. The van der Waals surface area contributed by atoms with Crippen LogP contribution in [0.2, 0.25) is 0 Å². The maximum Gasteiger partial charge on any atom is 0.409 e. The number of carboxylic acids is 1. The van der Waals surface area contributed by atoms with Crippen molar-refractivity contribution in [1.82, 2.24) is 25.3 Å². The van der Waals surface area contributed by atoms with Crippen LogP contribution < -0.4 is 10.6 Å². The standard InChI is InChI=1S/C41H69N5O9/c1-13-27(6)36(44(8)24-31(25(2)3)43-39(49)35(26(4)5)45(9)41(52)55-12)33(53-10)23-34(47)46-21-17-20-32(46)37(54-11)28(7)38(48)42-30(40(50)51)22-29-18-15-14-16-19-29/h14-16,18-19,25-28,30-33,35-37H,13,17,20-24H2,1-12H3,(H,42,48)(H,43,49)(H,50,51)/t27-,28+,30-,31+,32-,33+,35-,36-,37+/m0/s1. The number of carbonyl (C=O) groups is 5. The Morgan fingerprint density at radius 2 is 1.55 bits per heavy atom. The second-order valence-electron chi connectivity index (χ2n) is 15.8. The van der Waals surface area contributed by atoms with Crippen LogP contribution in [0.1, 0.15) is 79.7 Å². The lowest BCUT2D eigenvalue weighted by Gasteiger charge is -2.41. The van der Waals surface area contributed by atoms with Crippen molar-refractivity contribution in [3.63, 3.8) is 0 Å². The summed E-state index contributed by atoms with van der Waals surface area (Å²) in [5, 5.41) is 15.8. The molecule has 1 fully saturated rings. The molecule has 0 saturated carbocycles. The highest BCUT2D eigenvalue weighted by atomic mass is 16.5. The van der Waals surface area contributed by atoms with Gasteiger partial charge in [0.1, 0.15) is 12.1 Å². The van der Waals surface area contributed by atoms with E-state index >= 15 is 0 Å². The maximum absolute atomic E-state index is 14.2. The number of carbonyl (C=O) groups excluding carboxylic acids is 4. The molecule has 1 aromatic rings. The van der Waals surface area contributed by atoms with Gasteiger partial charge in [-0.2, -0.15) is 0 Å². The van der Waals surface area contributed by atoms with Gasteiger partial charge in [0.2, 0.25) is 17.7 Å². The number of methoxy groups -OCH3 is 3. The van der Waals surface area contributed by atoms with Crippen molar-refractivity contribution < 1.29 is 43.3 Å². The molecule has 1 aromatic carbocycles. The van der Waals surface area contributed by atoms with Gasteiger partial charge < -0.3 is 34.9 Å². The molecule has 14 heteroatoms. The lowest BCUT2D eigenvalue weighted by atomic mass is 9.89. The van der Waals surface area contributed by atoms with E-state index in [2.05, 4.69) is 29.4 Å². The minimum Gasteiger partial charge on any atom is -0.480 e. The Hall–Kier alpha value is -3.75. The Balaban J connectivity index is 2.24. The number of hydrogen-bond donors (Lipinski definition) is 3. The molecule has 0 bridgehead atoms. The number of nitrogens with one attached hydrogen (secondary N) is 2.